The van der Waals surface area contributed by atoms with E-state index >= 15 is 0 Å². The highest BCUT2D eigenvalue weighted by Crippen LogP contribution is 1.98. The maximum absolute atomic E-state index is 2.23. The maximum atomic E-state index is 2.23. The van der Waals surface area contributed by atoms with Crippen LogP contribution in [0.1, 0.15) is 237 Å². The van der Waals surface area contributed by atoms with Crippen molar-refractivity contribution in [3.05, 3.63) is 0 Å². The van der Waals surface area contributed by atoms with Gasteiger partial charge in [0.05, 0.1) is 0 Å². The summed E-state index contributed by atoms with van der Waals surface area (Å²) < 4.78 is 0. The van der Waals surface area contributed by atoms with E-state index in [0.29, 0.717) is 0 Å². The fourth-order valence-corrected chi connectivity index (χ4v) is 3.00. The van der Waals surface area contributed by atoms with Crippen LogP contribution in [0, 0.1) is 0 Å². The van der Waals surface area contributed by atoms with Crippen LogP contribution in [-0.2, 0) is 0 Å². The molecule has 4 N–H and O–H groups in total. The van der Waals surface area contributed by atoms with E-state index in [1.165, 1.54) is 154 Å². The molecule has 0 saturated carbocycles. The van der Waals surface area contributed by atoms with E-state index in [1.807, 2.05) is 0 Å². The summed E-state index contributed by atoms with van der Waals surface area (Å²) >= 11 is 0. The highest BCUT2D eigenvalue weighted by molar-refractivity contribution is 4.34. The molecule has 0 unspecified atom stereocenters. The van der Waals surface area contributed by atoms with Crippen molar-refractivity contribution in [3.8, 4) is 0 Å². The molecule has 38 heavy (non-hydrogen) atoms. The Balaban J connectivity index is -0.0000000469. The van der Waals surface area contributed by atoms with E-state index < -0.39 is 0 Å². The van der Waals surface area contributed by atoms with Crippen molar-refractivity contribution in [1.29, 1.82) is 0 Å². The fourth-order valence-electron chi connectivity index (χ4n) is 3.00. The van der Waals surface area contributed by atoms with Crippen molar-refractivity contribution in [2.24, 2.45) is 0 Å². The maximum Gasteiger partial charge on any atom is -0.0536 e. The molecule has 0 aliphatic heterocycles. The molecule has 0 heterocycles. The molecule has 0 aromatic heterocycles. The largest absolute Gasteiger partial charge is 0.412 e. The third kappa shape index (κ3) is 136. The molecular weight excluding hydrogens is 464 g/mol. The summed E-state index contributed by atoms with van der Waals surface area (Å²) in [5, 5.41) is 0. The molecule has 0 saturated heterocycles. The summed E-state index contributed by atoms with van der Waals surface area (Å²) in [6, 6.07) is 0. The van der Waals surface area contributed by atoms with Crippen LogP contribution in [-0.4, -0.2) is 11.0 Å². The molecule has 0 atom stereocenters. The Kier molecular flexibility index (Phi) is 127. The van der Waals surface area contributed by atoms with Crippen molar-refractivity contribution in [3.63, 3.8) is 0 Å². The Morgan fingerprint density at radius 1 is 0.158 bits per heavy atom. The van der Waals surface area contributed by atoms with Crippen LogP contribution in [0.5, 0.6) is 0 Å². The minimum Gasteiger partial charge on any atom is -0.412 e. The van der Waals surface area contributed by atoms with Crippen LogP contribution < -0.4 is 0 Å². The summed E-state index contributed by atoms with van der Waals surface area (Å²) in [7, 11) is 0. The zero-order chi connectivity index (χ0) is 29.0. The Bertz CT molecular complexity index is 145. The lowest BCUT2D eigenvalue weighted by atomic mass is 10.2. The smallest absolute Gasteiger partial charge is 0.0536 e. The molecule has 0 fully saturated rings. The van der Waals surface area contributed by atoms with Gasteiger partial charge in [0.2, 0.25) is 0 Å². The Labute approximate surface area is 248 Å². The number of unbranched alkanes of at least 4 members (excludes halogenated alkanes) is 18. The van der Waals surface area contributed by atoms with Crippen LogP contribution in [0.15, 0.2) is 0 Å². The van der Waals surface area contributed by atoms with Gasteiger partial charge in [0, 0.05) is 0 Å². The van der Waals surface area contributed by atoms with Crippen LogP contribution in [0.3, 0.4) is 0 Å². The molecule has 0 rings (SSSR count). The van der Waals surface area contributed by atoms with Gasteiger partial charge in [-0.3, -0.25) is 0 Å². The SMILES string of the molecule is CCCCCC.CCCCCC.CCCCCC.CCCCCC.CCCCCC.CCCCCC.O.O. The second-order valence-corrected chi connectivity index (χ2v) is 10.2. The molecule has 0 spiro atoms. The molecule has 2 nitrogen and oxygen atoms in total. The second-order valence-electron chi connectivity index (χ2n) is 10.2. The topological polar surface area (TPSA) is 63.0 Å². The van der Waals surface area contributed by atoms with E-state index in [1.54, 1.807) is 0 Å². The standard InChI is InChI=1S/6C6H14.2H2O/c6*1-3-5-6-4-2;;/h6*3-6H2,1-2H3;2*1H2. The normalized spacial score (nSPS) is 8.53. The van der Waals surface area contributed by atoms with Crippen LogP contribution in [0.2, 0.25) is 0 Å². The van der Waals surface area contributed by atoms with E-state index in [0.717, 1.165) is 0 Å². The second kappa shape index (κ2) is 83.3. The van der Waals surface area contributed by atoms with E-state index in [9.17, 15) is 0 Å². The van der Waals surface area contributed by atoms with Gasteiger partial charge in [-0.25, -0.2) is 0 Å². The van der Waals surface area contributed by atoms with Crippen molar-refractivity contribution in [2.75, 3.05) is 0 Å². The molecular formula is C36H88O2. The lowest BCUT2D eigenvalue weighted by Gasteiger charge is -1.86. The summed E-state index contributed by atoms with van der Waals surface area (Å²) in [6.45, 7) is 26.8. The first-order chi connectivity index (χ1) is 17.5. The van der Waals surface area contributed by atoms with Gasteiger partial charge in [0.25, 0.3) is 0 Å². The van der Waals surface area contributed by atoms with Crippen molar-refractivity contribution in [2.45, 2.75) is 237 Å². The summed E-state index contributed by atoms with van der Waals surface area (Å²) in [5.74, 6) is 0. The van der Waals surface area contributed by atoms with Crippen LogP contribution in [0.25, 0.3) is 0 Å². The van der Waals surface area contributed by atoms with Crippen molar-refractivity contribution in [1.82, 2.24) is 0 Å². The number of rotatable bonds is 18. The minimum absolute atomic E-state index is 0. The molecule has 0 aromatic rings. The third-order valence-corrected chi connectivity index (χ3v) is 5.74. The molecule has 0 radical (unpaired) electrons. The summed E-state index contributed by atoms with van der Waals surface area (Å²) in [5.41, 5.74) is 0. The lowest BCUT2D eigenvalue weighted by molar-refractivity contribution is 0.702. The fraction of sp³-hybridized carbons (Fsp3) is 1.00. The zero-order valence-corrected chi connectivity index (χ0v) is 30.0. The highest BCUT2D eigenvalue weighted by atomic mass is 16.0. The Morgan fingerprint density at radius 2 is 0.211 bits per heavy atom. The first-order valence-corrected chi connectivity index (χ1v) is 17.5. The Morgan fingerprint density at radius 3 is 0.237 bits per heavy atom. The predicted octanol–water partition coefficient (Wildman–Crippen LogP) is 13.9. The summed E-state index contributed by atoms with van der Waals surface area (Å²) in [6.07, 6.45) is 33.2. The minimum atomic E-state index is 0. The first-order valence-electron chi connectivity index (χ1n) is 17.5. The van der Waals surface area contributed by atoms with Crippen molar-refractivity contribution >= 4 is 0 Å². The lowest BCUT2D eigenvalue weighted by Crippen LogP contribution is -1.66. The average molecular weight is 553 g/mol. The van der Waals surface area contributed by atoms with Crippen LogP contribution in [0.4, 0.5) is 0 Å². The van der Waals surface area contributed by atoms with Gasteiger partial charge < -0.3 is 11.0 Å². The molecule has 0 amide bonds. The van der Waals surface area contributed by atoms with Crippen LogP contribution >= 0.6 is 0 Å². The third-order valence-electron chi connectivity index (χ3n) is 5.74. The van der Waals surface area contributed by atoms with Gasteiger partial charge >= 0.3 is 0 Å². The first kappa shape index (κ1) is 57.7. The quantitative estimate of drug-likeness (QED) is 0.152. The van der Waals surface area contributed by atoms with Crippen molar-refractivity contribution < 1.29 is 11.0 Å². The molecule has 0 aromatic carbocycles. The van der Waals surface area contributed by atoms with Gasteiger partial charge in [-0.05, 0) is 0 Å². The van der Waals surface area contributed by atoms with Gasteiger partial charge in [0.15, 0.2) is 0 Å². The molecule has 244 valence electrons. The monoisotopic (exact) mass is 553 g/mol. The molecule has 0 aliphatic rings. The predicted molar refractivity (Wildman–Crippen MR) is 186 cm³/mol. The van der Waals surface area contributed by atoms with E-state index in [2.05, 4.69) is 83.1 Å². The van der Waals surface area contributed by atoms with Gasteiger partial charge in [-0.1, -0.05) is 237 Å². The number of hydrogen-bond donors (Lipinski definition) is 0. The zero-order valence-electron chi connectivity index (χ0n) is 30.0. The average Bonchev–Trinajstić information content (AvgIpc) is 2.92. The van der Waals surface area contributed by atoms with Gasteiger partial charge in [0.1, 0.15) is 0 Å². The number of hydrogen-bond acceptors (Lipinski definition) is 0. The molecule has 0 aliphatic carbocycles. The summed E-state index contributed by atoms with van der Waals surface area (Å²) in [4.78, 5) is 0. The Hall–Kier alpha value is -0.0800. The van der Waals surface area contributed by atoms with Gasteiger partial charge in [-0.15, -0.1) is 0 Å². The highest BCUT2D eigenvalue weighted by Gasteiger charge is 1.78. The molecule has 2 heteroatoms. The van der Waals surface area contributed by atoms with E-state index in [4.69, 9.17) is 0 Å². The van der Waals surface area contributed by atoms with E-state index in [-0.39, 0.29) is 11.0 Å². The van der Waals surface area contributed by atoms with Gasteiger partial charge in [-0.2, -0.15) is 0 Å². The molecule has 0 bridgehead atoms.